The van der Waals surface area contributed by atoms with E-state index in [0.717, 1.165) is 34.5 Å². The molecule has 34 aromatic rings. The van der Waals surface area contributed by atoms with Crippen molar-refractivity contribution < 1.29 is 41.6 Å². The van der Waals surface area contributed by atoms with E-state index in [1.165, 1.54) is 306 Å². The summed E-state index contributed by atoms with van der Waals surface area (Å²) in [5, 5.41) is 35.5. The van der Waals surface area contributed by atoms with Gasteiger partial charge in [-0.05, 0) is 212 Å². The molecule has 0 N–H and O–H groups in total. The zero-order valence-electron chi connectivity index (χ0n) is 78.4. The summed E-state index contributed by atoms with van der Waals surface area (Å²) in [5.74, 6) is 5.56. The first-order valence-electron chi connectivity index (χ1n) is 51.3. The number of benzene rings is 19. The van der Waals surface area contributed by atoms with Crippen LogP contribution < -0.4 is 41.6 Å². The van der Waals surface area contributed by atoms with E-state index in [0.29, 0.717) is 0 Å². The second kappa shape index (κ2) is 23.9. The van der Waals surface area contributed by atoms with Crippen molar-refractivity contribution >= 4 is 273 Å². The van der Waals surface area contributed by atoms with Gasteiger partial charge in [0.1, 0.15) is 89.9 Å². The summed E-state index contributed by atoms with van der Waals surface area (Å²) in [6, 6.07) is 141. The number of imidazole rings is 3. The van der Waals surface area contributed by atoms with Crippen LogP contribution in [0.4, 0.5) is 0 Å². The van der Waals surface area contributed by atoms with Gasteiger partial charge in [0.2, 0.25) is 16.6 Å². The fourth-order valence-corrected chi connectivity index (χ4v) is 31.8. The largest absolute Gasteiger partial charge is 0.456 e. The smallest absolute Gasteiger partial charge is 0.372 e. The Morgan fingerprint density at radius 1 is 0.182 bits per heavy atom. The highest BCUT2D eigenvalue weighted by Crippen LogP contribution is 2.65. The Balaban J connectivity index is 0.0000000854. The Morgan fingerprint density at radius 2 is 0.486 bits per heavy atom. The number of hydrogen-bond donors (Lipinski definition) is 0. The molecule has 0 radical (unpaired) electrons. The number of fused-ring (bicyclic) bond motifs is 44. The lowest BCUT2D eigenvalue weighted by atomic mass is 9.84. The van der Waals surface area contributed by atoms with E-state index in [9.17, 15) is 0 Å². The molecule has 43 rings (SSSR count). The van der Waals surface area contributed by atoms with E-state index in [1.807, 2.05) is 0 Å². The number of rotatable bonds is 0. The van der Waals surface area contributed by atoms with Gasteiger partial charge in [0.05, 0.1) is 76.2 Å². The highest BCUT2D eigenvalue weighted by molar-refractivity contribution is 6.37. The predicted octanol–water partition coefficient (Wildman–Crippen LogP) is 27.8. The van der Waals surface area contributed by atoms with E-state index < -0.39 is 17.0 Å². The van der Waals surface area contributed by atoms with Gasteiger partial charge in [-0.1, -0.05) is 200 Å². The van der Waals surface area contributed by atoms with Gasteiger partial charge in [-0.2, -0.15) is 13.2 Å². The Hall–Kier alpha value is -19.9. The maximum Gasteiger partial charge on any atom is 0.372 e. The topological polar surface area (TPSA) is 77.4 Å². The number of nitrogens with zero attached hydrogens (tertiary/aromatic N) is 12. The first-order chi connectivity index (χ1) is 73.5. The molecule has 9 aliphatic heterocycles. The molecule has 0 aliphatic carbocycles. The molecular formula is C133H68N12O3+6. The molecule has 0 bridgehead atoms. The van der Waals surface area contributed by atoms with Crippen LogP contribution >= 0.6 is 0 Å². The van der Waals surface area contributed by atoms with Crippen LogP contribution in [0.1, 0.15) is 33.4 Å². The van der Waals surface area contributed by atoms with E-state index >= 15 is 0 Å². The third-order valence-corrected chi connectivity index (χ3v) is 36.4. The van der Waals surface area contributed by atoms with Crippen molar-refractivity contribution in [1.29, 1.82) is 0 Å². The molecule has 9 aliphatic rings. The molecular weight excluding hydrogens is 1810 g/mol. The fourth-order valence-electron chi connectivity index (χ4n) is 31.8. The second-order valence-electron chi connectivity index (χ2n) is 42.2. The highest BCUT2D eigenvalue weighted by atomic mass is 16.5. The van der Waals surface area contributed by atoms with E-state index in [-0.39, 0.29) is 0 Å². The second-order valence-corrected chi connectivity index (χ2v) is 42.2. The van der Waals surface area contributed by atoms with Gasteiger partial charge in [-0.3, -0.25) is 0 Å². The average Bonchev–Trinajstić information content (AvgIpc) is 1.46. The number of para-hydroxylation sites is 7. The molecule has 3 unspecified atom stereocenters. The summed E-state index contributed by atoms with van der Waals surface area (Å²) in [6.45, 7) is 0. The first kappa shape index (κ1) is 73.2. The molecule has 0 fully saturated rings. The van der Waals surface area contributed by atoms with Gasteiger partial charge in [-0.25, -0.2) is 0 Å². The summed E-state index contributed by atoms with van der Waals surface area (Å²) in [5.41, 5.74) is 32.2. The Bertz CT molecular complexity index is 12500. The zero-order chi connectivity index (χ0) is 94.4. The molecule has 3 atom stereocenters. The summed E-state index contributed by atoms with van der Waals surface area (Å²) in [6.07, 6.45) is 11.3. The fraction of sp³-hybridized carbons (Fsp3) is 0.0226. The SMILES string of the molecule is c1ccc2c(c1)c1ccccc1c1c2c2ccc3c4c2c2n1c1ccccc1[n+]2C41c2c(ccc4c2c2c(ccc[n+]21)c1cccn14)O3.c1ccc2c(c1)c1ccccc1c1c2c2ccc3c4c2c2n1c1ccccc1[n+]2C41c2c(ccc4c2c2c(ccc[n+]21)n1cccc41)O3.c1ccc2c(c1)cc1c3ccc[n+]4c3c3c5c(ccc3n21)Oc1ccc2c3c1C54[n+]1c4ccccc4n(c4c5ccccc5c5ccccc5c24)c31. The van der Waals surface area contributed by atoms with Crippen molar-refractivity contribution in [3.05, 3.63) is 447 Å². The van der Waals surface area contributed by atoms with Gasteiger partial charge < -0.3 is 27.4 Å². The van der Waals surface area contributed by atoms with Gasteiger partial charge in [-0.15, -0.1) is 27.4 Å². The molecule has 148 heavy (non-hydrogen) atoms. The molecule has 0 amide bonds. The Morgan fingerprint density at radius 3 is 0.932 bits per heavy atom. The van der Waals surface area contributed by atoms with Crippen LogP contribution in [0.25, 0.3) is 273 Å². The normalized spacial score (nSPS) is 16.9. The molecule has 15 nitrogen and oxygen atoms in total. The molecule has 3 spiro atoms. The quantitative estimate of drug-likeness (QED) is 0.112. The number of hydrogen-bond acceptors (Lipinski definition) is 3. The van der Waals surface area contributed by atoms with Gasteiger partial charge in [0, 0.05) is 89.8 Å². The number of pyridine rings is 9. The minimum atomic E-state index is -0.696. The Kier molecular flexibility index (Phi) is 11.8. The summed E-state index contributed by atoms with van der Waals surface area (Å²) >= 11 is 0. The van der Waals surface area contributed by atoms with Crippen molar-refractivity contribution in [1.82, 2.24) is 26.4 Å². The van der Waals surface area contributed by atoms with Crippen molar-refractivity contribution in [2.24, 2.45) is 0 Å². The third kappa shape index (κ3) is 7.35. The Labute approximate surface area is 832 Å². The van der Waals surface area contributed by atoms with Crippen molar-refractivity contribution in [2.75, 3.05) is 0 Å². The van der Waals surface area contributed by atoms with Crippen molar-refractivity contribution in [2.45, 2.75) is 17.0 Å². The molecule has 19 aromatic carbocycles. The maximum atomic E-state index is 7.09. The van der Waals surface area contributed by atoms with Crippen LogP contribution in [0.2, 0.25) is 0 Å². The lowest BCUT2D eigenvalue weighted by molar-refractivity contribution is -0.935. The molecule has 24 heterocycles. The lowest BCUT2D eigenvalue weighted by Crippen LogP contribution is -2.72. The summed E-state index contributed by atoms with van der Waals surface area (Å²) in [4.78, 5) is 0. The standard InChI is InChI=1S/C47H24N4O.2C43H22N4O/c1-6-16-32-25(10-1)24-36-30-15-9-23-48-44(30)41-35(49(32)36)20-22-38-43(41)47(48)42-37(52-38)21-19-31-39-28-13-4-2-11-26(28)27-12-3-5-14-29(27)45(39)50-33-17-7-8-18-34(33)51(47)46(50)40(31)42;1-3-11-25-23(9-1)24-10-2-4-12-26(24)41-35(25)28-17-19-33-38-36(28)42-46(41)30-14-5-6-15-31(30)47(42)43(38)39-34(48-33)20-18-32-37(39)40-27(13-7-22-45(40)43)29-16-8-21-44(29)32;1-3-11-25-23(9-1)24-10-2-4-12-26(24)40-35(25)28-18-20-34-39-37(28)42-46(40)30-13-5-6-14-31(30)47(42)43(39)38-33(48-34)19-17-27-29-15-7-21-44(29)32-16-8-22-45(43)41(32)36(27)38/h1-24H;2*1-22H/q3*+2. The minimum absolute atomic E-state index is 0.664. The van der Waals surface area contributed by atoms with Gasteiger partial charge >= 0.3 is 33.9 Å². The van der Waals surface area contributed by atoms with Crippen LogP contribution in [0.5, 0.6) is 34.5 Å². The maximum absolute atomic E-state index is 7.09. The van der Waals surface area contributed by atoms with Gasteiger partial charge in [0.25, 0.3) is 0 Å². The van der Waals surface area contributed by atoms with Crippen LogP contribution in [-0.4, -0.2) is 26.4 Å². The van der Waals surface area contributed by atoms with Crippen molar-refractivity contribution in [3.8, 4) is 34.5 Å². The van der Waals surface area contributed by atoms with Crippen LogP contribution in [0.15, 0.2) is 413 Å². The average molecular weight is 1880 g/mol. The molecule has 15 aromatic heterocycles. The molecule has 0 saturated heterocycles. The monoisotopic (exact) mass is 1880 g/mol. The van der Waals surface area contributed by atoms with Crippen molar-refractivity contribution in [3.63, 3.8) is 0 Å². The zero-order valence-corrected chi connectivity index (χ0v) is 78.4. The highest BCUT2D eigenvalue weighted by Gasteiger charge is 2.73. The van der Waals surface area contributed by atoms with Crippen LogP contribution in [0, 0.1) is 0 Å². The number of ether oxygens (including phenoxy) is 3. The van der Waals surface area contributed by atoms with Crippen LogP contribution in [-0.2, 0) is 17.0 Å². The first-order valence-corrected chi connectivity index (χ1v) is 51.3. The number of aromatic nitrogens is 12. The summed E-state index contributed by atoms with van der Waals surface area (Å²) in [7, 11) is 0. The van der Waals surface area contributed by atoms with E-state index in [4.69, 9.17) is 14.2 Å². The molecule has 15 heteroatoms. The minimum Gasteiger partial charge on any atom is -0.456 e. The molecule has 672 valence electrons. The summed E-state index contributed by atoms with van der Waals surface area (Å²) < 4.78 is 51.7. The predicted molar refractivity (Wildman–Crippen MR) is 586 cm³/mol. The third-order valence-electron chi connectivity index (χ3n) is 36.4. The van der Waals surface area contributed by atoms with E-state index in [1.54, 1.807) is 0 Å². The lowest BCUT2D eigenvalue weighted by Gasteiger charge is -2.28. The van der Waals surface area contributed by atoms with E-state index in [2.05, 4.69) is 467 Å². The van der Waals surface area contributed by atoms with Gasteiger partial charge in [0.15, 0.2) is 51.7 Å². The van der Waals surface area contributed by atoms with Crippen LogP contribution in [0.3, 0.4) is 0 Å². The molecule has 0 saturated carbocycles.